The molecule has 0 aromatic heterocycles. The summed E-state index contributed by atoms with van der Waals surface area (Å²) in [5, 5.41) is 16.7. The summed E-state index contributed by atoms with van der Waals surface area (Å²) < 4.78 is 24.2. The zero-order chi connectivity index (χ0) is 10.5. The van der Waals surface area contributed by atoms with Crippen molar-refractivity contribution in [3.05, 3.63) is 0 Å². The highest BCUT2D eigenvalue weighted by Crippen LogP contribution is 2.01. The number of hydrogen-bond acceptors (Lipinski definition) is 4. The molecule has 0 aliphatic heterocycles. The number of rotatable bonds is 4. The van der Waals surface area contributed by atoms with Crippen LogP contribution in [-0.2, 0) is 10.0 Å². The SMILES string of the molecule is CC(C)C(C#N)NS(=O)(=O)CC#N. The zero-order valence-corrected chi connectivity index (χ0v) is 8.30. The lowest BCUT2D eigenvalue weighted by molar-refractivity contribution is 0.517. The molecule has 1 N–H and O–H groups in total. The van der Waals surface area contributed by atoms with Crippen LogP contribution in [-0.4, -0.2) is 20.2 Å². The fraction of sp³-hybridized carbons (Fsp3) is 0.714. The molecule has 5 nitrogen and oxygen atoms in total. The van der Waals surface area contributed by atoms with E-state index >= 15 is 0 Å². The van der Waals surface area contributed by atoms with Crippen LogP contribution >= 0.6 is 0 Å². The molecule has 0 aliphatic rings. The van der Waals surface area contributed by atoms with Crippen molar-refractivity contribution in [2.24, 2.45) is 5.92 Å². The molecule has 0 aromatic carbocycles. The summed E-state index contributed by atoms with van der Waals surface area (Å²) in [5.74, 6) is -0.726. The second-order valence-corrected chi connectivity index (χ2v) is 4.64. The zero-order valence-electron chi connectivity index (χ0n) is 7.48. The highest BCUT2D eigenvalue weighted by molar-refractivity contribution is 7.89. The van der Waals surface area contributed by atoms with Crippen molar-refractivity contribution in [2.75, 3.05) is 5.75 Å². The first kappa shape index (κ1) is 11.9. The van der Waals surface area contributed by atoms with E-state index in [-0.39, 0.29) is 5.92 Å². The van der Waals surface area contributed by atoms with E-state index in [1.807, 2.05) is 6.07 Å². The average Bonchev–Trinajstić information content (AvgIpc) is 1.99. The summed E-state index contributed by atoms with van der Waals surface area (Å²) in [4.78, 5) is 0. The van der Waals surface area contributed by atoms with Crippen LogP contribution in [0.1, 0.15) is 13.8 Å². The van der Waals surface area contributed by atoms with Gasteiger partial charge in [0.25, 0.3) is 0 Å². The summed E-state index contributed by atoms with van der Waals surface area (Å²) in [6.07, 6.45) is 0. The van der Waals surface area contributed by atoms with Gasteiger partial charge in [-0.25, -0.2) is 8.42 Å². The maximum absolute atomic E-state index is 11.0. The lowest BCUT2D eigenvalue weighted by Gasteiger charge is -2.13. The molecule has 0 aliphatic carbocycles. The average molecular weight is 201 g/mol. The molecule has 0 fully saturated rings. The number of sulfonamides is 1. The van der Waals surface area contributed by atoms with Gasteiger partial charge in [0.15, 0.2) is 5.75 Å². The van der Waals surface area contributed by atoms with Crippen LogP contribution in [0.5, 0.6) is 0 Å². The molecule has 1 unspecified atom stereocenters. The van der Waals surface area contributed by atoms with Crippen molar-refractivity contribution >= 4 is 10.0 Å². The summed E-state index contributed by atoms with van der Waals surface area (Å²) in [7, 11) is -3.62. The lowest BCUT2D eigenvalue weighted by atomic mass is 10.1. The third-order valence-electron chi connectivity index (χ3n) is 1.37. The third-order valence-corrected chi connectivity index (χ3v) is 2.49. The van der Waals surface area contributed by atoms with Crippen LogP contribution < -0.4 is 4.72 Å². The smallest absolute Gasteiger partial charge is 0.211 e. The molecule has 0 saturated heterocycles. The maximum atomic E-state index is 11.0. The predicted octanol–water partition coefficient (Wildman–Crippen LogP) is -0.0224. The number of nitriles is 2. The predicted molar refractivity (Wildman–Crippen MR) is 46.8 cm³/mol. The third kappa shape index (κ3) is 4.46. The second-order valence-electron chi connectivity index (χ2n) is 2.89. The van der Waals surface area contributed by atoms with Crippen molar-refractivity contribution in [3.63, 3.8) is 0 Å². The van der Waals surface area contributed by atoms with Crippen molar-refractivity contribution in [3.8, 4) is 12.1 Å². The van der Waals surface area contributed by atoms with E-state index in [1.165, 1.54) is 6.07 Å². The first-order chi connectivity index (χ1) is 5.93. The lowest BCUT2D eigenvalue weighted by Crippen LogP contribution is -2.38. The van der Waals surface area contributed by atoms with Crippen LogP contribution in [0.15, 0.2) is 0 Å². The number of hydrogen-bond donors (Lipinski definition) is 1. The Labute approximate surface area is 78.0 Å². The van der Waals surface area contributed by atoms with Crippen molar-refractivity contribution in [1.29, 1.82) is 10.5 Å². The van der Waals surface area contributed by atoms with Crippen molar-refractivity contribution in [1.82, 2.24) is 4.72 Å². The highest BCUT2D eigenvalue weighted by Gasteiger charge is 2.19. The minimum Gasteiger partial charge on any atom is -0.211 e. The Morgan fingerprint density at radius 2 is 1.92 bits per heavy atom. The van der Waals surface area contributed by atoms with E-state index in [4.69, 9.17) is 10.5 Å². The number of nitrogens with one attached hydrogen (secondary N) is 1. The molecule has 6 heteroatoms. The monoisotopic (exact) mass is 201 g/mol. The fourth-order valence-corrected chi connectivity index (χ4v) is 1.60. The van der Waals surface area contributed by atoms with Crippen LogP contribution in [0.25, 0.3) is 0 Å². The Morgan fingerprint density at radius 3 is 2.23 bits per heavy atom. The summed E-state index contributed by atoms with van der Waals surface area (Å²) in [6.45, 7) is 3.45. The van der Waals surface area contributed by atoms with E-state index < -0.39 is 21.8 Å². The maximum Gasteiger partial charge on any atom is 0.226 e. The van der Waals surface area contributed by atoms with E-state index in [2.05, 4.69) is 4.72 Å². The van der Waals surface area contributed by atoms with E-state index in [1.54, 1.807) is 13.8 Å². The van der Waals surface area contributed by atoms with Crippen molar-refractivity contribution in [2.45, 2.75) is 19.9 Å². The van der Waals surface area contributed by atoms with Crippen LogP contribution in [0.3, 0.4) is 0 Å². The Hall–Kier alpha value is -1.11. The van der Waals surface area contributed by atoms with Crippen molar-refractivity contribution < 1.29 is 8.42 Å². The molecule has 1 atom stereocenters. The molecule has 0 saturated carbocycles. The molecule has 0 bridgehead atoms. The quantitative estimate of drug-likeness (QED) is 0.691. The Balaban J connectivity index is 4.45. The molecule has 13 heavy (non-hydrogen) atoms. The standard InChI is InChI=1S/C7H11N3O2S/c1-6(2)7(5-9)10-13(11,12)4-3-8/h6-7,10H,4H2,1-2H3. The molecular weight excluding hydrogens is 190 g/mol. The molecule has 0 amide bonds. The number of nitrogens with zero attached hydrogens (tertiary/aromatic N) is 2. The van der Waals surface area contributed by atoms with Gasteiger partial charge in [0.1, 0.15) is 6.04 Å². The topological polar surface area (TPSA) is 93.8 Å². The first-order valence-corrected chi connectivity index (χ1v) is 5.34. The highest BCUT2D eigenvalue weighted by atomic mass is 32.2. The van der Waals surface area contributed by atoms with Gasteiger partial charge in [-0.1, -0.05) is 13.8 Å². The van der Waals surface area contributed by atoms with E-state index in [0.717, 1.165) is 0 Å². The van der Waals surface area contributed by atoms with Gasteiger partial charge in [-0.3, -0.25) is 0 Å². The molecule has 0 radical (unpaired) electrons. The van der Waals surface area contributed by atoms with Gasteiger partial charge in [0.2, 0.25) is 10.0 Å². The Morgan fingerprint density at radius 1 is 1.38 bits per heavy atom. The van der Waals surface area contributed by atoms with Gasteiger partial charge < -0.3 is 0 Å². The van der Waals surface area contributed by atoms with Crippen LogP contribution in [0, 0.1) is 28.6 Å². The van der Waals surface area contributed by atoms with Crippen LogP contribution in [0.2, 0.25) is 0 Å². The summed E-state index contributed by atoms with van der Waals surface area (Å²) in [6, 6.07) is 2.57. The molecule has 0 rings (SSSR count). The minimum atomic E-state index is -3.62. The van der Waals surface area contributed by atoms with Gasteiger partial charge in [-0.2, -0.15) is 15.2 Å². The molecule has 0 spiro atoms. The summed E-state index contributed by atoms with van der Waals surface area (Å²) >= 11 is 0. The molecular formula is C7H11N3O2S. The van der Waals surface area contributed by atoms with Gasteiger partial charge in [0, 0.05) is 0 Å². The molecule has 0 aromatic rings. The normalized spacial score (nSPS) is 13.3. The summed E-state index contributed by atoms with van der Waals surface area (Å²) in [5.41, 5.74) is 0. The van der Waals surface area contributed by atoms with E-state index in [0.29, 0.717) is 0 Å². The van der Waals surface area contributed by atoms with Crippen LogP contribution in [0.4, 0.5) is 0 Å². The molecule has 0 heterocycles. The van der Waals surface area contributed by atoms with Gasteiger partial charge in [0.05, 0.1) is 12.1 Å². The van der Waals surface area contributed by atoms with E-state index in [9.17, 15) is 8.42 Å². The largest absolute Gasteiger partial charge is 0.226 e. The molecule has 72 valence electrons. The van der Waals surface area contributed by atoms with Gasteiger partial charge in [-0.05, 0) is 5.92 Å². The second kappa shape index (κ2) is 4.80. The first-order valence-electron chi connectivity index (χ1n) is 3.69. The Bertz CT molecular complexity index is 334. The fourth-order valence-electron chi connectivity index (χ4n) is 0.632. The van der Waals surface area contributed by atoms with Gasteiger partial charge >= 0.3 is 0 Å². The van der Waals surface area contributed by atoms with Gasteiger partial charge in [-0.15, -0.1) is 0 Å². The minimum absolute atomic E-state index is 0.113. The Kier molecular flexibility index (Phi) is 4.39.